The molecule has 1 rings (SSSR count). The van der Waals surface area contributed by atoms with Crippen molar-refractivity contribution in [3.8, 4) is 0 Å². The zero-order valence-corrected chi connectivity index (χ0v) is 9.70. The number of carbonyl (C=O) groups excluding carboxylic acids is 1. The lowest BCUT2D eigenvalue weighted by Gasteiger charge is -2.30. The minimum absolute atomic E-state index is 0.109. The van der Waals surface area contributed by atoms with E-state index in [1.807, 2.05) is 0 Å². The second-order valence-electron chi connectivity index (χ2n) is 3.96. The van der Waals surface area contributed by atoms with Crippen molar-refractivity contribution in [1.29, 1.82) is 0 Å². The molecule has 0 radical (unpaired) electrons. The molecule has 0 saturated carbocycles. The van der Waals surface area contributed by atoms with Crippen LogP contribution in [-0.4, -0.2) is 50.8 Å². The minimum atomic E-state index is -0.109. The Morgan fingerprint density at radius 3 is 2.53 bits per heavy atom. The van der Waals surface area contributed by atoms with Crippen LogP contribution in [0.25, 0.3) is 0 Å². The van der Waals surface area contributed by atoms with Gasteiger partial charge in [0.15, 0.2) is 0 Å². The smallest absolute Gasteiger partial charge is 0.305 e. The number of hydrogen-bond acceptors (Lipinski definition) is 4. The van der Waals surface area contributed by atoms with Crippen molar-refractivity contribution in [1.82, 2.24) is 4.90 Å². The highest BCUT2D eigenvalue weighted by molar-refractivity contribution is 5.69. The fourth-order valence-corrected chi connectivity index (χ4v) is 1.92. The van der Waals surface area contributed by atoms with Gasteiger partial charge in [0.25, 0.3) is 0 Å². The van der Waals surface area contributed by atoms with Crippen molar-refractivity contribution in [2.45, 2.75) is 31.8 Å². The monoisotopic (exact) mass is 215 g/mol. The number of nitrogens with zero attached hydrogens (tertiary/aromatic N) is 1. The Hall–Kier alpha value is -0.610. The summed E-state index contributed by atoms with van der Waals surface area (Å²) in [6.45, 7) is 3.16. The molecule has 0 aromatic carbocycles. The summed E-state index contributed by atoms with van der Waals surface area (Å²) in [5.41, 5.74) is 0. The predicted octanol–water partition coefficient (Wildman–Crippen LogP) is 1.05. The first-order valence-electron chi connectivity index (χ1n) is 5.58. The average Bonchev–Trinajstić information content (AvgIpc) is 2.29. The van der Waals surface area contributed by atoms with Gasteiger partial charge in [0.05, 0.1) is 13.2 Å². The molecule has 1 saturated heterocycles. The van der Waals surface area contributed by atoms with Gasteiger partial charge in [0.2, 0.25) is 0 Å². The Morgan fingerprint density at radius 2 is 2.00 bits per heavy atom. The summed E-state index contributed by atoms with van der Waals surface area (Å²) in [6, 6.07) is 0. The first kappa shape index (κ1) is 12.5. The Balaban J connectivity index is 2.06. The van der Waals surface area contributed by atoms with Gasteiger partial charge in [0.1, 0.15) is 0 Å². The van der Waals surface area contributed by atoms with Gasteiger partial charge in [-0.05, 0) is 25.8 Å². The van der Waals surface area contributed by atoms with Gasteiger partial charge >= 0.3 is 5.97 Å². The van der Waals surface area contributed by atoms with Gasteiger partial charge in [-0.1, -0.05) is 0 Å². The highest BCUT2D eigenvalue weighted by atomic mass is 16.5. The van der Waals surface area contributed by atoms with Crippen LogP contribution in [0.15, 0.2) is 0 Å². The number of likely N-dealkylation sites (tertiary alicyclic amines) is 1. The summed E-state index contributed by atoms with van der Waals surface area (Å²) >= 11 is 0. The first-order valence-corrected chi connectivity index (χ1v) is 5.58. The van der Waals surface area contributed by atoms with E-state index in [0.717, 1.165) is 38.9 Å². The molecule has 0 unspecified atom stereocenters. The third-order valence-electron chi connectivity index (χ3n) is 2.95. The number of ether oxygens (including phenoxy) is 2. The number of piperidine rings is 1. The number of hydrogen-bond donors (Lipinski definition) is 0. The maximum Gasteiger partial charge on any atom is 0.305 e. The van der Waals surface area contributed by atoms with Crippen LogP contribution < -0.4 is 0 Å². The molecule has 0 aromatic heterocycles. The molecule has 0 aliphatic carbocycles. The fraction of sp³-hybridized carbons (Fsp3) is 0.909. The third-order valence-corrected chi connectivity index (χ3v) is 2.95. The molecule has 0 bridgehead atoms. The van der Waals surface area contributed by atoms with Gasteiger partial charge in [-0.2, -0.15) is 0 Å². The number of esters is 1. The number of carbonyl (C=O) groups is 1. The van der Waals surface area contributed by atoms with E-state index in [1.165, 1.54) is 7.11 Å². The lowest BCUT2D eigenvalue weighted by molar-refractivity contribution is -0.140. The van der Waals surface area contributed by atoms with E-state index in [2.05, 4.69) is 9.64 Å². The molecule has 88 valence electrons. The molecule has 15 heavy (non-hydrogen) atoms. The van der Waals surface area contributed by atoms with Gasteiger partial charge < -0.3 is 14.4 Å². The Bertz CT molecular complexity index is 188. The van der Waals surface area contributed by atoms with Crippen molar-refractivity contribution in [2.75, 3.05) is 33.9 Å². The van der Waals surface area contributed by atoms with E-state index in [0.29, 0.717) is 12.5 Å². The topological polar surface area (TPSA) is 38.8 Å². The molecule has 0 amide bonds. The molecule has 1 fully saturated rings. The Labute approximate surface area is 91.5 Å². The van der Waals surface area contributed by atoms with Crippen LogP contribution in [0.3, 0.4) is 0 Å². The largest absolute Gasteiger partial charge is 0.469 e. The average molecular weight is 215 g/mol. The SMILES string of the molecule is COC(=O)CCCN1CCC(OC)CC1. The first-order chi connectivity index (χ1) is 7.26. The fourth-order valence-electron chi connectivity index (χ4n) is 1.92. The van der Waals surface area contributed by atoms with Crippen LogP contribution >= 0.6 is 0 Å². The third kappa shape index (κ3) is 4.62. The van der Waals surface area contributed by atoms with Crippen LogP contribution in [0.5, 0.6) is 0 Å². The van der Waals surface area contributed by atoms with Crippen molar-refractivity contribution in [2.24, 2.45) is 0 Å². The highest BCUT2D eigenvalue weighted by Crippen LogP contribution is 2.13. The molecule has 4 nitrogen and oxygen atoms in total. The van der Waals surface area contributed by atoms with Crippen LogP contribution in [0, 0.1) is 0 Å². The van der Waals surface area contributed by atoms with Crippen molar-refractivity contribution >= 4 is 5.97 Å². The van der Waals surface area contributed by atoms with Crippen molar-refractivity contribution < 1.29 is 14.3 Å². The molecule has 1 aliphatic rings. The van der Waals surface area contributed by atoms with E-state index in [-0.39, 0.29) is 5.97 Å². The molecule has 0 N–H and O–H groups in total. The zero-order chi connectivity index (χ0) is 11.1. The second-order valence-corrected chi connectivity index (χ2v) is 3.96. The molecular formula is C11H21NO3. The molecule has 1 aliphatic heterocycles. The summed E-state index contributed by atoms with van der Waals surface area (Å²) in [4.78, 5) is 13.3. The molecule has 0 aromatic rings. The quantitative estimate of drug-likeness (QED) is 0.643. The Morgan fingerprint density at radius 1 is 1.33 bits per heavy atom. The summed E-state index contributed by atoms with van der Waals surface area (Å²) in [6.07, 6.45) is 4.07. The van der Waals surface area contributed by atoms with Crippen molar-refractivity contribution in [3.63, 3.8) is 0 Å². The number of rotatable bonds is 5. The lowest BCUT2D eigenvalue weighted by atomic mass is 10.1. The highest BCUT2D eigenvalue weighted by Gasteiger charge is 2.18. The summed E-state index contributed by atoms with van der Waals surface area (Å²) in [7, 11) is 3.21. The maximum atomic E-state index is 10.9. The molecular weight excluding hydrogens is 194 g/mol. The van der Waals surface area contributed by atoms with Gasteiger partial charge in [-0.25, -0.2) is 0 Å². The van der Waals surface area contributed by atoms with Gasteiger partial charge in [-0.3, -0.25) is 4.79 Å². The lowest BCUT2D eigenvalue weighted by Crippen LogP contribution is -2.37. The minimum Gasteiger partial charge on any atom is -0.469 e. The predicted molar refractivity (Wildman–Crippen MR) is 57.7 cm³/mol. The van der Waals surface area contributed by atoms with Crippen LogP contribution in [0.2, 0.25) is 0 Å². The van der Waals surface area contributed by atoms with E-state index >= 15 is 0 Å². The van der Waals surface area contributed by atoms with E-state index in [1.54, 1.807) is 7.11 Å². The van der Waals surface area contributed by atoms with E-state index in [9.17, 15) is 4.79 Å². The summed E-state index contributed by atoms with van der Waals surface area (Å²) in [5.74, 6) is -0.109. The van der Waals surface area contributed by atoms with Crippen LogP contribution in [0.4, 0.5) is 0 Å². The number of methoxy groups -OCH3 is 2. The maximum absolute atomic E-state index is 10.9. The van der Waals surface area contributed by atoms with E-state index < -0.39 is 0 Å². The molecule has 0 atom stereocenters. The van der Waals surface area contributed by atoms with E-state index in [4.69, 9.17) is 4.74 Å². The zero-order valence-electron chi connectivity index (χ0n) is 9.70. The van der Waals surface area contributed by atoms with Gasteiger partial charge in [-0.15, -0.1) is 0 Å². The summed E-state index contributed by atoms with van der Waals surface area (Å²) < 4.78 is 9.90. The Kier molecular flexibility index (Phi) is 5.65. The van der Waals surface area contributed by atoms with Crippen LogP contribution in [-0.2, 0) is 14.3 Å². The second kappa shape index (κ2) is 6.80. The normalized spacial score (nSPS) is 19.1. The molecule has 1 heterocycles. The van der Waals surface area contributed by atoms with Crippen molar-refractivity contribution in [3.05, 3.63) is 0 Å². The summed E-state index contributed by atoms with van der Waals surface area (Å²) in [5, 5.41) is 0. The molecule has 0 spiro atoms. The van der Waals surface area contributed by atoms with Crippen LogP contribution in [0.1, 0.15) is 25.7 Å². The van der Waals surface area contributed by atoms with Gasteiger partial charge in [0, 0.05) is 26.6 Å². The standard InChI is InChI=1S/C11H21NO3/c1-14-10-5-8-12(9-6-10)7-3-4-11(13)15-2/h10H,3-9H2,1-2H3. The molecule has 4 heteroatoms.